The molecule has 0 spiro atoms. The predicted molar refractivity (Wildman–Crippen MR) is 133 cm³/mol. The largest absolute Gasteiger partial charge is 0.494 e. The molecule has 0 saturated carbocycles. The van der Waals surface area contributed by atoms with Gasteiger partial charge >= 0.3 is 5.97 Å². The number of esters is 1. The lowest BCUT2D eigenvalue weighted by molar-refractivity contribution is -0.147. The summed E-state index contributed by atoms with van der Waals surface area (Å²) < 4.78 is 12.3. The monoisotopic (exact) mass is 477 g/mol. The fraction of sp³-hybridized carbons (Fsp3) is 0.333. The first kappa shape index (κ1) is 25.7. The molecule has 0 aliphatic rings. The van der Waals surface area contributed by atoms with Crippen LogP contribution < -0.4 is 10.1 Å². The predicted octanol–water partition coefficient (Wildman–Crippen LogP) is 4.89. The Bertz CT molecular complexity index is 1120. The number of aromatic nitrogens is 2. The number of aryl methyl sites for hydroxylation is 1. The number of Topliss-reactive ketones (excluding diaryl/α,β-unsaturated/α-hetero) is 1. The number of hydrogen-bond donors (Lipinski definition) is 1. The van der Waals surface area contributed by atoms with E-state index in [9.17, 15) is 14.4 Å². The number of hydrogen-bond acceptors (Lipinski definition) is 6. The first-order chi connectivity index (χ1) is 17.0. The normalized spacial score (nSPS) is 10.6. The Kier molecular flexibility index (Phi) is 9.59. The van der Waals surface area contributed by atoms with Crippen LogP contribution in [-0.4, -0.2) is 40.7 Å². The van der Waals surface area contributed by atoms with Crippen molar-refractivity contribution in [2.24, 2.45) is 0 Å². The second-order valence-corrected chi connectivity index (χ2v) is 8.13. The van der Waals surface area contributed by atoms with Crippen molar-refractivity contribution in [3.63, 3.8) is 0 Å². The van der Waals surface area contributed by atoms with Crippen LogP contribution >= 0.6 is 0 Å². The lowest BCUT2D eigenvalue weighted by Crippen LogP contribution is -2.22. The van der Waals surface area contributed by atoms with E-state index in [4.69, 9.17) is 9.47 Å². The van der Waals surface area contributed by atoms with Gasteiger partial charge in [0.2, 0.25) is 0 Å². The molecule has 3 rings (SSSR count). The summed E-state index contributed by atoms with van der Waals surface area (Å²) in [5.74, 6) is -0.0887. The van der Waals surface area contributed by atoms with Crippen LogP contribution in [0.25, 0.3) is 5.69 Å². The van der Waals surface area contributed by atoms with E-state index in [1.54, 1.807) is 35.0 Å². The molecule has 0 fully saturated rings. The number of ketones is 1. The van der Waals surface area contributed by atoms with Gasteiger partial charge in [0.15, 0.2) is 12.4 Å². The Balaban J connectivity index is 1.41. The van der Waals surface area contributed by atoms with Crippen LogP contribution in [0.1, 0.15) is 55.1 Å². The zero-order valence-electron chi connectivity index (χ0n) is 20.2. The van der Waals surface area contributed by atoms with Crippen LogP contribution in [0, 0.1) is 6.92 Å². The van der Waals surface area contributed by atoms with E-state index in [-0.39, 0.29) is 18.6 Å². The van der Waals surface area contributed by atoms with E-state index >= 15 is 0 Å². The minimum atomic E-state index is -0.614. The molecular formula is C27H31N3O5. The number of carbonyl (C=O) groups is 3. The molecule has 0 atom stereocenters. The van der Waals surface area contributed by atoms with Crippen molar-refractivity contribution in [3.8, 4) is 11.4 Å². The smallest absolute Gasteiger partial charge is 0.306 e. The van der Waals surface area contributed by atoms with Gasteiger partial charge in [-0.15, -0.1) is 0 Å². The Labute approximate surface area is 205 Å². The van der Waals surface area contributed by atoms with Gasteiger partial charge in [0.05, 0.1) is 24.4 Å². The number of unbranched alkanes of at least 4 members (excludes halogenated alkanes) is 2. The molecule has 8 heteroatoms. The van der Waals surface area contributed by atoms with Crippen molar-refractivity contribution < 1.29 is 23.9 Å². The summed E-state index contributed by atoms with van der Waals surface area (Å²) in [5, 5.41) is 7.09. The van der Waals surface area contributed by atoms with Crippen LogP contribution in [0.3, 0.4) is 0 Å². The fourth-order valence-corrected chi connectivity index (χ4v) is 3.39. The molecule has 1 heterocycles. The summed E-state index contributed by atoms with van der Waals surface area (Å²) in [5.41, 5.74) is 2.03. The number of ether oxygens (including phenoxy) is 2. The van der Waals surface area contributed by atoms with Gasteiger partial charge in [-0.1, -0.05) is 38.0 Å². The van der Waals surface area contributed by atoms with E-state index in [1.165, 1.54) is 0 Å². The molecule has 2 aromatic carbocycles. The average Bonchev–Trinajstić information content (AvgIpc) is 3.24. The van der Waals surface area contributed by atoms with Crippen LogP contribution in [0.15, 0.2) is 60.7 Å². The molecule has 0 bridgehead atoms. The molecule has 1 N–H and O–H groups in total. The molecule has 0 aliphatic carbocycles. The molecule has 184 valence electrons. The van der Waals surface area contributed by atoms with Crippen molar-refractivity contribution >= 4 is 23.5 Å². The highest BCUT2D eigenvalue weighted by Crippen LogP contribution is 2.17. The average molecular weight is 478 g/mol. The van der Waals surface area contributed by atoms with E-state index in [0.29, 0.717) is 23.7 Å². The maximum Gasteiger partial charge on any atom is 0.306 e. The number of para-hydroxylation sites is 1. The molecule has 3 aromatic rings. The Morgan fingerprint density at radius 2 is 1.71 bits per heavy atom. The Morgan fingerprint density at radius 1 is 0.971 bits per heavy atom. The maximum absolute atomic E-state index is 12.4. The summed E-state index contributed by atoms with van der Waals surface area (Å²) >= 11 is 0. The van der Waals surface area contributed by atoms with Crippen LogP contribution in [0.2, 0.25) is 0 Å². The second-order valence-electron chi connectivity index (χ2n) is 8.13. The number of rotatable bonds is 13. The van der Waals surface area contributed by atoms with Gasteiger partial charge in [-0.05, 0) is 49.7 Å². The second kappa shape index (κ2) is 13.1. The van der Waals surface area contributed by atoms with Crippen molar-refractivity contribution in [1.29, 1.82) is 0 Å². The Morgan fingerprint density at radius 3 is 2.43 bits per heavy atom. The van der Waals surface area contributed by atoms with Crippen molar-refractivity contribution in [3.05, 3.63) is 71.9 Å². The molecule has 1 amide bonds. The van der Waals surface area contributed by atoms with Gasteiger partial charge in [0.25, 0.3) is 5.91 Å². The molecule has 0 saturated heterocycles. The fourth-order valence-electron chi connectivity index (χ4n) is 3.39. The van der Waals surface area contributed by atoms with Gasteiger partial charge in [0, 0.05) is 18.1 Å². The summed E-state index contributed by atoms with van der Waals surface area (Å²) in [7, 11) is 0. The molecule has 0 unspecified atom stereocenters. The molecule has 0 radical (unpaired) electrons. The van der Waals surface area contributed by atoms with Crippen LogP contribution in [0.4, 0.5) is 5.82 Å². The zero-order valence-corrected chi connectivity index (χ0v) is 20.2. The van der Waals surface area contributed by atoms with E-state index in [1.807, 2.05) is 37.3 Å². The highest BCUT2D eigenvalue weighted by atomic mass is 16.5. The molecule has 35 heavy (non-hydrogen) atoms. The number of carbonyl (C=O) groups excluding carboxylic acids is 3. The number of nitrogens with one attached hydrogen (secondary N) is 1. The summed E-state index contributed by atoms with van der Waals surface area (Å²) in [6, 6.07) is 18.0. The maximum atomic E-state index is 12.4. The lowest BCUT2D eigenvalue weighted by Gasteiger charge is -2.09. The van der Waals surface area contributed by atoms with Gasteiger partial charge in [-0.3, -0.25) is 14.4 Å². The molecule has 1 aromatic heterocycles. The summed E-state index contributed by atoms with van der Waals surface area (Å²) in [6.45, 7) is 4.15. The summed E-state index contributed by atoms with van der Waals surface area (Å²) in [6.07, 6.45) is 3.13. The van der Waals surface area contributed by atoms with E-state index < -0.39 is 18.5 Å². The van der Waals surface area contributed by atoms with Gasteiger partial charge in [-0.2, -0.15) is 5.10 Å². The van der Waals surface area contributed by atoms with Gasteiger partial charge in [0.1, 0.15) is 11.6 Å². The number of amides is 1. The number of anilines is 1. The van der Waals surface area contributed by atoms with Gasteiger partial charge < -0.3 is 14.8 Å². The van der Waals surface area contributed by atoms with Crippen molar-refractivity contribution in [2.75, 3.05) is 18.5 Å². The molecular weight excluding hydrogens is 446 g/mol. The third-order valence-corrected chi connectivity index (χ3v) is 5.21. The molecule has 0 aliphatic heterocycles. The first-order valence-electron chi connectivity index (χ1n) is 11.8. The van der Waals surface area contributed by atoms with Gasteiger partial charge in [-0.25, -0.2) is 4.68 Å². The van der Waals surface area contributed by atoms with Crippen molar-refractivity contribution in [1.82, 2.24) is 9.78 Å². The Hall–Kier alpha value is -3.94. The van der Waals surface area contributed by atoms with E-state index in [2.05, 4.69) is 17.3 Å². The first-order valence-corrected chi connectivity index (χ1v) is 11.8. The topological polar surface area (TPSA) is 99.5 Å². The standard InChI is InChI=1S/C27H31N3O5/c1-3-4-8-17-34-23-13-11-21(12-14-23)24(31)15-16-27(33)35-19-26(32)28-25-18-20(2)29-30(25)22-9-6-5-7-10-22/h5-7,9-14,18H,3-4,8,15-17,19H2,1-2H3,(H,28,32). The minimum absolute atomic E-state index is 0.00285. The third-order valence-electron chi connectivity index (χ3n) is 5.21. The number of benzene rings is 2. The number of nitrogens with zero attached hydrogens (tertiary/aromatic N) is 2. The lowest BCUT2D eigenvalue weighted by atomic mass is 10.1. The SMILES string of the molecule is CCCCCOc1ccc(C(=O)CCC(=O)OCC(=O)Nc2cc(C)nn2-c2ccccc2)cc1. The van der Waals surface area contributed by atoms with Crippen LogP contribution in [-0.2, 0) is 14.3 Å². The van der Waals surface area contributed by atoms with Crippen molar-refractivity contribution in [2.45, 2.75) is 46.0 Å². The highest BCUT2D eigenvalue weighted by molar-refractivity contribution is 5.98. The summed E-state index contributed by atoms with van der Waals surface area (Å²) in [4.78, 5) is 36.7. The van der Waals surface area contributed by atoms with E-state index in [0.717, 1.165) is 30.6 Å². The zero-order chi connectivity index (χ0) is 25.0. The molecule has 8 nitrogen and oxygen atoms in total. The highest BCUT2D eigenvalue weighted by Gasteiger charge is 2.14. The minimum Gasteiger partial charge on any atom is -0.494 e. The van der Waals surface area contributed by atoms with Crippen LogP contribution in [0.5, 0.6) is 5.75 Å². The quantitative estimate of drug-likeness (QED) is 0.214. The third kappa shape index (κ3) is 8.10.